The van der Waals surface area contributed by atoms with Crippen molar-refractivity contribution in [2.75, 3.05) is 26.1 Å². The first-order valence-electron chi connectivity index (χ1n) is 9.04. The van der Waals surface area contributed by atoms with Crippen LogP contribution in [0.25, 0.3) is 0 Å². The average molecular weight is 385 g/mol. The summed E-state index contributed by atoms with van der Waals surface area (Å²) in [6.45, 7) is 6.12. The predicted molar refractivity (Wildman–Crippen MR) is 111 cm³/mol. The molecule has 1 amide bonds. The van der Waals surface area contributed by atoms with Crippen molar-refractivity contribution in [2.45, 2.75) is 26.8 Å². The number of carbonyl (C=O) groups excluding carboxylic acids is 1. The summed E-state index contributed by atoms with van der Waals surface area (Å²) < 4.78 is 16.0. The highest BCUT2D eigenvalue weighted by molar-refractivity contribution is 6.02. The van der Waals surface area contributed by atoms with Gasteiger partial charge in [0, 0.05) is 17.3 Å². The Morgan fingerprint density at radius 2 is 1.75 bits per heavy atom. The van der Waals surface area contributed by atoms with Gasteiger partial charge in [-0.2, -0.15) is 5.10 Å². The molecule has 7 nitrogen and oxygen atoms in total. The molecule has 0 aliphatic heterocycles. The Labute approximate surface area is 165 Å². The molecule has 2 N–H and O–H groups in total. The van der Waals surface area contributed by atoms with Crippen LogP contribution in [0.15, 0.2) is 47.6 Å². The molecule has 0 aliphatic rings. The van der Waals surface area contributed by atoms with E-state index in [2.05, 4.69) is 15.8 Å². The molecular formula is C21H27N3O4. The Kier molecular flexibility index (Phi) is 7.68. The van der Waals surface area contributed by atoms with Gasteiger partial charge >= 0.3 is 0 Å². The molecule has 0 radical (unpaired) electrons. The summed E-state index contributed by atoms with van der Waals surface area (Å²) in [5.41, 5.74) is 4.81. The van der Waals surface area contributed by atoms with Crippen LogP contribution in [0.3, 0.4) is 0 Å². The van der Waals surface area contributed by atoms with Crippen molar-refractivity contribution >= 4 is 17.3 Å². The zero-order valence-corrected chi connectivity index (χ0v) is 16.9. The first-order chi connectivity index (χ1) is 13.5. The van der Waals surface area contributed by atoms with E-state index in [0.717, 1.165) is 17.0 Å². The van der Waals surface area contributed by atoms with Gasteiger partial charge in [-0.1, -0.05) is 0 Å². The van der Waals surface area contributed by atoms with E-state index in [9.17, 15) is 4.79 Å². The van der Waals surface area contributed by atoms with Crippen LogP contribution in [0.2, 0.25) is 0 Å². The number of hydrazone groups is 1. The third-order valence-corrected chi connectivity index (χ3v) is 4.07. The molecule has 1 unspecified atom stereocenters. The molecule has 0 heterocycles. The number of nitrogens with zero attached hydrogens (tertiary/aromatic N) is 1. The molecule has 0 saturated heterocycles. The maximum atomic E-state index is 12.4. The number of rotatable bonds is 9. The number of methoxy groups -OCH3 is 2. The van der Waals surface area contributed by atoms with Crippen molar-refractivity contribution in [1.82, 2.24) is 5.43 Å². The summed E-state index contributed by atoms with van der Waals surface area (Å²) in [7, 11) is 3.17. The van der Waals surface area contributed by atoms with Crippen molar-refractivity contribution in [3.05, 3.63) is 48.0 Å². The molecular weight excluding hydrogens is 358 g/mol. The summed E-state index contributed by atoms with van der Waals surface area (Å²) in [4.78, 5) is 12.4. The van der Waals surface area contributed by atoms with Crippen molar-refractivity contribution in [2.24, 2.45) is 5.10 Å². The number of nitrogens with one attached hydrogen (secondary N) is 2. The van der Waals surface area contributed by atoms with E-state index in [-0.39, 0.29) is 5.91 Å². The molecule has 0 bridgehead atoms. The van der Waals surface area contributed by atoms with E-state index in [1.165, 1.54) is 0 Å². The van der Waals surface area contributed by atoms with Gasteiger partial charge in [-0.25, -0.2) is 5.43 Å². The Morgan fingerprint density at radius 1 is 1.07 bits per heavy atom. The van der Waals surface area contributed by atoms with Gasteiger partial charge in [-0.3, -0.25) is 4.79 Å². The van der Waals surface area contributed by atoms with Crippen molar-refractivity contribution < 1.29 is 19.0 Å². The SMILES string of the molecule is CCOc1ccc(NC(C)C(=O)N/N=C(\C)c2ccc(OC)cc2OC)cc1. The zero-order chi connectivity index (χ0) is 20.5. The largest absolute Gasteiger partial charge is 0.497 e. The smallest absolute Gasteiger partial charge is 0.262 e. The minimum absolute atomic E-state index is 0.249. The molecule has 2 rings (SSSR count). The first-order valence-corrected chi connectivity index (χ1v) is 9.04. The van der Waals surface area contributed by atoms with Crippen LogP contribution in [-0.2, 0) is 4.79 Å². The molecule has 0 aromatic heterocycles. The van der Waals surface area contributed by atoms with Crippen molar-refractivity contribution in [3.8, 4) is 17.2 Å². The highest BCUT2D eigenvalue weighted by Crippen LogP contribution is 2.25. The van der Waals surface area contributed by atoms with E-state index in [1.807, 2.05) is 43.3 Å². The topological polar surface area (TPSA) is 81.2 Å². The van der Waals surface area contributed by atoms with Crippen LogP contribution in [0.1, 0.15) is 26.3 Å². The maximum absolute atomic E-state index is 12.4. The molecule has 2 aromatic carbocycles. The minimum Gasteiger partial charge on any atom is -0.497 e. The van der Waals surface area contributed by atoms with Crippen molar-refractivity contribution in [1.29, 1.82) is 0 Å². The normalized spacial score (nSPS) is 12.1. The monoisotopic (exact) mass is 385 g/mol. The predicted octanol–water partition coefficient (Wildman–Crippen LogP) is 3.44. The van der Waals surface area contributed by atoms with Crippen LogP contribution in [-0.4, -0.2) is 38.5 Å². The number of hydrogen-bond donors (Lipinski definition) is 2. The zero-order valence-electron chi connectivity index (χ0n) is 16.9. The number of hydrogen-bond acceptors (Lipinski definition) is 6. The van der Waals surface area contributed by atoms with Crippen molar-refractivity contribution in [3.63, 3.8) is 0 Å². The molecule has 0 spiro atoms. The number of benzene rings is 2. The van der Waals surface area contributed by atoms with Gasteiger partial charge < -0.3 is 19.5 Å². The fourth-order valence-electron chi connectivity index (χ4n) is 2.52. The highest BCUT2D eigenvalue weighted by Gasteiger charge is 2.13. The lowest BCUT2D eigenvalue weighted by molar-refractivity contribution is -0.121. The van der Waals surface area contributed by atoms with Crippen LogP contribution in [0.5, 0.6) is 17.2 Å². The second-order valence-corrected chi connectivity index (χ2v) is 6.06. The lowest BCUT2D eigenvalue weighted by atomic mass is 10.1. The van der Waals surface area contributed by atoms with Crippen LogP contribution < -0.4 is 25.0 Å². The number of carbonyl (C=O) groups is 1. The second kappa shape index (κ2) is 10.2. The van der Waals surface area contributed by atoms with Crippen LogP contribution >= 0.6 is 0 Å². The van der Waals surface area contributed by atoms with Crippen LogP contribution in [0.4, 0.5) is 5.69 Å². The van der Waals surface area contributed by atoms with Gasteiger partial charge in [-0.05, 0) is 57.2 Å². The van der Waals surface area contributed by atoms with Gasteiger partial charge in [-0.15, -0.1) is 0 Å². The van der Waals surface area contributed by atoms with E-state index in [1.54, 1.807) is 34.1 Å². The lowest BCUT2D eigenvalue weighted by Gasteiger charge is -2.15. The number of anilines is 1. The maximum Gasteiger partial charge on any atom is 0.262 e. The minimum atomic E-state index is -0.466. The number of amides is 1. The molecule has 150 valence electrons. The summed E-state index contributed by atoms with van der Waals surface area (Å²) in [5.74, 6) is 1.85. The summed E-state index contributed by atoms with van der Waals surface area (Å²) in [6, 6.07) is 12.4. The average Bonchev–Trinajstić information content (AvgIpc) is 2.72. The van der Waals surface area contributed by atoms with Gasteiger partial charge in [0.1, 0.15) is 23.3 Å². The van der Waals surface area contributed by atoms with E-state index in [0.29, 0.717) is 23.8 Å². The Morgan fingerprint density at radius 3 is 2.36 bits per heavy atom. The molecule has 2 aromatic rings. The number of ether oxygens (including phenoxy) is 3. The summed E-state index contributed by atoms with van der Waals surface area (Å²) >= 11 is 0. The summed E-state index contributed by atoms with van der Waals surface area (Å²) in [5, 5.41) is 7.33. The molecule has 7 heteroatoms. The molecule has 28 heavy (non-hydrogen) atoms. The van der Waals surface area contributed by atoms with Gasteiger partial charge in [0.2, 0.25) is 0 Å². The van der Waals surface area contributed by atoms with E-state index >= 15 is 0 Å². The van der Waals surface area contributed by atoms with Crippen LogP contribution in [0, 0.1) is 0 Å². The first kappa shape index (κ1) is 21.1. The van der Waals surface area contributed by atoms with Gasteiger partial charge in [0.05, 0.1) is 26.5 Å². The third-order valence-electron chi connectivity index (χ3n) is 4.07. The van der Waals surface area contributed by atoms with E-state index in [4.69, 9.17) is 14.2 Å². The second-order valence-electron chi connectivity index (χ2n) is 6.06. The fourth-order valence-corrected chi connectivity index (χ4v) is 2.52. The third kappa shape index (κ3) is 5.64. The Bertz CT molecular complexity index is 819. The molecule has 0 aliphatic carbocycles. The van der Waals surface area contributed by atoms with Gasteiger partial charge in [0.15, 0.2) is 0 Å². The highest BCUT2D eigenvalue weighted by atomic mass is 16.5. The Balaban J connectivity index is 1.99. The van der Waals surface area contributed by atoms with Gasteiger partial charge in [0.25, 0.3) is 5.91 Å². The van der Waals surface area contributed by atoms with E-state index < -0.39 is 6.04 Å². The fraction of sp³-hybridized carbons (Fsp3) is 0.333. The summed E-state index contributed by atoms with van der Waals surface area (Å²) in [6.07, 6.45) is 0. The molecule has 0 fully saturated rings. The molecule has 0 saturated carbocycles. The lowest BCUT2D eigenvalue weighted by Crippen LogP contribution is -2.35. The standard InChI is InChI=1S/C21H27N3O4/c1-6-28-17-9-7-16(8-10-17)22-15(3)21(25)24-23-14(2)19-12-11-18(26-4)13-20(19)27-5/h7-13,15,22H,6H2,1-5H3,(H,24,25)/b23-14+. The quantitative estimate of drug-likeness (QED) is 0.510. The Hall–Kier alpha value is -3.22. The molecule has 1 atom stereocenters.